The highest BCUT2D eigenvalue weighted by Gasteiger charge is 2.25. The van der Waals surface area contributed by atoms with Crippen molar-refractivity contribution in [3.63, 3.8) is 0 Å². The molecule has 2 aromatic carbocycles. The summed E-state index contributed by atoms with van der Waals surface area (Å²) in [5.41, 5.74) is 16.3. The van der Waals surface area contributed by atoms with Crippen LogP contribution in [0.15, 0.2) is 42.5 Å². The van der Waals surface area contributed by atoms with Crippen LogP contribution in [0.2, 0.25) is 0 Å². The van der Waals surface area contributed by atoms with Gasteiger partial charge in [0.15, 0.2) is 0 Å². The summed E-state index contributed by atoms with van der Waals surface area (Å²) in [7, 11) is 0. The molecular weight excluding hydrogens is 248 g/mol. The van der Waals surface area contributed by atoms with Crippen LogP contribution in [0.4, 0.5) is 0 Å². The van der Waals surface area contributed by atoms with Crippen molar-refractivity contribution in [2.75, 3.05) is 13.1 Å². The van der Waals surface area contributed by atoms with Crippen LogP contribution in [0.5, 0.6) is 5.75 Å². The third kappa shape index (κ3) is 2.30. The van der Waals surface area contributed by atoms with Gasteiger partial charge in [0.25, 0.3) is 0 Å². The second-order valence-corrected chi connectivity index (χ2v) is 5.17. The van der Waals surface area contributed by atoms with E-state index in [1.807, 2.05) is 0 Å². The van der Waals surface area contributed by atoms with E-state index < -0.39 is 0 Å². The smallest absolute Gasteiger partial charge is 0.130 e. The van der Waals surface area contributed by atoms with Crippen molar-refractivity contribution in [1.82, 2.24) is 0 Å². The Hall–Kier alpha value is -1.84. The molecule has 2 aromatic rings. The minimum atomic E-state index is 0.104. The molecule has 0 saturated heterocycles. The molecule has 0 radical (unpaired) electrons. The molecule has 0 aromatic heterocycles. The van der Waals surface area contributed by atoms with E-state index in [1.54, 1.807) is 0 Å². The zero-order valence-corrected chi connectivity index (χ0v) is 11.5. The van der Waals surface area contributed by atoms with Crippen LogP contribution < -0.4 is 16.2 Å². The molecule has 3 rings (SSSR count). The number of nitrogens with two attached hydrogens (primary N) is 2. The number of hydrogen-bond acceptors (Lipinski definition) is 3. The van der Waals surface area contributed by atoms with Crippen molar-refractivity contribution in [3.8, 4) is 16.9 Å². The van der Waals surface area contributed by atoms with Crippen LogP contribution in [-0.4, -0.2) is 19.2 Å². The van der Waals surface area contributed by atoms with E-state index in [0.717, 1.165) is 24.2 Å². The van der Waals surface area contributed by atoms with Crippen LogP contribution in [0.1, 0.15) is 11.1 Å². The summed E-state index contributed by atoms with van der Waals surface area (Å²) in [5.74, 6) is 0.993. The molecule has 0 amide bonds. The summed E-state index contributed by atoms with van der Waals surface area (Å²) >= 11 is 0. The van der Waals surface area contributed by atoms with Gasteiger partial charge in [0.05, 0.1) is 0 Å². The van der Waals surface area contributed by atoms with Gasteiger partial charge in [-0.15, -0.1) is 0 Å². The van der Waals surface area contributed by atoms with Gasteiger partial charge in [-0.1, -0.05) is 42.5 Å². The first-order valence-corrected chi connectivity index (χ1v) is 7.10. The number of fused-ring (bicyclic) bond motifs is 1. The Kier molecular flexibility index (Phi) is 3.72. The Morgan fingerprint density at radius 3 is 2.60 bits per heavy atom. The molecule has 104 valence electrons. The van der Waals surface area contributed by atoms with Crippen molar-refractivity contribution in [3.05, 3.63) is 53.6 Å². The summed E-state index contributed by atoms with van der Waals surface area (Å²) in [6, 6.07) is 14.7. The molecule has 3 nitrogen and oxygen atoms in total. The maximum absolute atomic E-state index is 6.02. The summed E-state index contributed by atoms with van der Waals surface area (Å²) in [6.07, 6.45) is 1.88. The average molecular weight is 268 g/mol. The Bertz CT molecular complexity index is 610. The Balaban J connectivity index is 2.07. The molecule has 0 bridgehead atoms. The van der Waals surface area contributed by atoms with E-state index in [4.69, 9.17) is 16.2 Å². The Morgan fingerprint density at radius 1 is 1.00 bits per heavy atom. The second-order valence-electron chi connectivity index (χ2n) is 5.17. The van der Waals surface area contributed by atoms with Gasteiger partial charge < -0.3 is 16.2 Å². The van der Waals surface area contributed by atoms with Gasteiger partial charge in [-0.2, -0.15) is 0 Å². The number of rotatable bonds is 4. The molecule has 1 aliphatic rings. The molecule has 3 heteroatoms. The summed E-state index contributed by atoms with van der Waals surface area (Å²) in [5, 5.41) is 0. The molecule has 0 saturated carbocycles. The quantitative estimate of drug-likeness (QED) is 0.893. The van der Waals surface area contributed by atoms with Crippen molar-refractivity contribution < 1.29 is 4.74 Å². The van der Waals surface area contributed by atoms with Crippen LogP contribution in [0, 0.1) is 0 Å². The van der Waals surface area contributed by atoms with E-state index >= 15 is 0 Å². The van der Waals surface area contributed by atoms with E-state index in [9.17, 15) is 0 Å². The van der Waals surface area contributed by atoms with Crippen LogP contribution in [-0.2, 0) is 12.8 Å². The molecule has 0 aliphatic carbocycles. The lowest BCUT2D eigenvalue weighted by Crippen LogP contribution is -2.24. The molecule has 20 heavy (non-hydrogen) atoms. The first kappa shape index (κ1) is 13.2. The van der Waals surface area contributed by atoms with Crippen molar-refractivity contribution in [2.24, 2.45) is 11.5 Å². The highest BCUT2D eigenvalue weighted by molar-refractivity contribution is 5.75. The van der Waals surface area contributed by atoms with Gasteiger partial charge in [-0.3, -0.25) is 0 Å². The fraction of sp³-hybridized carbons (Fsp3) is 0.294. The zero-order chi connectivity index (χ0) is 13.9. The Labute approximate surface area is 119 Å². The van der Waals surface area contributed by atoms with E-state index in [-0.39, 0.29) is 6.10 Å². The number of para-hydroxylation sites is 1. The Morgan fingerprint density at radius 2 is 1.80 bits per heavy atom. The van der Waals surface area contributed by atoms with Gasteiger partial charge in [0, 0.05) is 18.5 Å². The maximum Gasteiger partial charge on any atom is 0.130 e. The average Bonchev–Trinajstić information content (AvgIpc) is 2.91. The summed E-state index contributed by atoms with van der Waals surface area (Å²) < 4.78 is 6.02. The third-order valence-corrected chi connectivity index (χ3v) is 3.81. The number of ether oxygens (including phenoxy) is 1. The number of hydrogen-bond donors (Lipinski definition) is 2. The predicted octanol–water partition coefficient (Wildman–Crippen LogP) is 2.12. The topological polar surface area (TPSA) is 61.3 Å². The first-order chi connectivity index (χ1) is 9.83. The van der Waals surface area contributed by atoms with Gasteiger partial charge >= 0.3 is 0 Å². The molecule has 4 N–H and O–H groups in total. The van der Waals surface area contributed by atoms with E-state index in [0.29, 0.717) is 13.1 Å². The fourth-order valence-electron chi connectivity index (χ4n) is 2.84. The van der Waals surface area contributed by atoms with Gasteiger partial charge in [0.1, 0.15) is 11.9 Å². The van der Waals surface area contributed by atoms with Gasteiger partial charge in [-0.25, -0.2) is 0 Å². The van der Waals surface area contributed by atoms with Gasteiger partial charge in [0.2, 0.25) is 0 Å². The van der Waals surface area contributed by atoms with Crippen molar-refractivity contribution in [2.45, 2.75) is 18.9 Å². The van der Waals surface area contributed by atoms with Crippen molar-refractivity contribution in [1.29, 1.82) is 0 Å². The largest absolute Gasteiger partial charge is 0.488 e. The van der Waals surface area contributed by atoms with E-state index in [2.05, 4.69) is 42.5 Å². The number of benzene rings is 2. The molecule has 0 unspecified atom stereocenters. The second kappa shape index (κ2) is 5.65. The molecule has 0 spiro atoms. The molecular formula is C17H20N2O. The highest BCUT2D eigenvalue weighted by Crippen LogP contribution is 2.39. The molecule has 1 atom stereocenters. The van der Waals surface area contributed by atoms with Gasteiger partial charge in [-0.05, 0) is 29.7 Å². The van der Waals surface area contributed by atoms with E-state index in [1.165, 1.54) is 16.7 Å². The lowest BCUT2D eigenvalue weighted by Gasteiger charge is -2.14. The van der Waals surface area contributed by atoms with Crippen LogP contribution in [0.25, 0.3) is 11.1 Å². The first-order valence-electron chi connectivity index (χ1n) is 7.10. The summed E-state index contributed by atoms with van der Waals surface area (Å²) in [6.45, 7) is 1.21. The standard InChI is InChI=1S/C17H20N2O/c18-9-8-12-4-1-2-6-15(12)16-7-3-5-13-10-14(11-19)20-17(13)16/h1-7,14H,8-11,18-19H2/t14-/m0/s1. The monoisotopic (exact) mass is 268 g/mol. The molecule has 1 heterocycles. The molecule has 0 fully saturated rings. The van der Waals surface area contributed by atoms with Crippen LogP contribution in [0.3, 0.4) is 0 Å². The summed E-state index contributed by atoms with van der Waals surface area (Å²) in [4.78, 5) is 0. The zero-order valence-electron chi connectivity index (χ0n) is 11.5. The predicted molar refractivity (Wildman–Crippen MR) is 81.8 cm³/mol. The van der Waals surface area contributed by atoms with Crippen LogP contribution >= 0.6 is 0 Å². The normalized spacial score (nSPS) is 16.8. The maximum atomic E-state index is 6.02. The highest BCUT2D eigenvalue weighted by atomic mass is 16.5. The minimum absolute atomic E-state index is 0.104. The third-order valence-electron chi connectivity index (χ3n) is 3.81. The molecule has 1 aliphatic heterocycles. The minimum Gasteiger partial charge on any atom is -0.488 e. The van der Waals surface area contributed by atoms with Crippen molar-refractivity contribution >= 4 is 0 Å². The lowest BCUT2D eigenvalue weighted by atomic mass is 9.95. The lowest BCUT2D eigenvalue weighted by molar-refractivity contribution is 0.242. The SMILES string of the molecule is NCCc1ccccc1-c1cccc2c1O[C@H](CN)C2. The fourth-order valence-corrected chi connectivity index (χ4v) is 2.84.